The number of carbonyl (C=O) groups excluding carboxylic acids is 3. The molecule has 2 aromatic carbocycles. The van der Waals surface area contributed by atoms with E-state index < -0.39 is 5.82 Å². The molecule has 0 bridgehead atoms. The summed E-state index contributed by atoms with van der Waals surface area (Å²) in [6, 6.07) is 12.7. The molecule has 0 saturated carbocycles. The molecule has 0 unspecified atom stereocenters. The van der Waals surface area contributed by atoms with Crippen LogP contribution in [0.3, 0.4) is 0 Å². The molecule has 0 N–H and O–H groups in total. The average Bonchev–Trinajstić information content (AvgIpc) is 3.19. The van der Waals surface area contributed by atoms with Gasteiger partial charge in [0.15, 0.2) is 0 Å². The van der Waals surface area contributed by atoms with Gasteiger partial charge in [0.25, 0.3) is 11.8 Å². The van der Waals surface area contributed by atoms with Gasteiger partial charge in [0.2, 0.25) is 5.91 Å². The number of carbonyl (C=O) groups is 3. The van der Waals surface area contributed by atoms with Crippen molar-refractivity contribution in [2.45, 2.75) is 12.8 Å². The Morgan fingerprint density at radius 2 is 1.41 bits per heavy atom. The number of amides is 3. The smallest absolute Gasteiger partial charge is 0.254 e. The molecule has 0 aliphatic carbocycles. The first-order valence-electron chi connectivity index (χ1n) is 9.77. The first-order chi connectivity index (χ1) is 14.0. The van der Waals surface area contributed by atoms with Gasteiger partial charge in [0, 0.05) is 56.0 Å². The third-order valence-electron chi connectivity index (χ3n) is 5.43. The molecule has 0 aromatic heterocycles. The van der Waals surface area contributed by atoms with Crippen LogP contribution in [0.15, 0.2) is 48.5 Å². The summed E-state index contributed by atoms with van der Waals surface area (Å²) >= 11 is 0. The molecular formula is C22H22FN3O3. The Kier molecular flexibility index (Phi) is 5.29. The Labute approximate surface area is 168 Å². The molecule has 2 aromatic rings. The number of hydrogen-bond acceptors (Lipinski definition) is 3. The van der Waals surface area contributed by atoms with Gasteiger partial charge >= 0.3 is 0 Å². The fraction of sp³-hybridized carbons (Fsp3) is 0.318. The monoisotopic (exact) mass is 395 g/mol. The zero-order valence-electron chi connectivity index (χ0n) is 16.0. The Morgan fingerprint density at radius 1 is 0.793 bits per heavy atom. The predicted octanol–water partition coefficient (Wildman–Crippen LogP) is 2.55. The molecule has 7 heteroatoms. The van der Waals surface area contributed by atoms with E-state index in [0.29, 0.717) is 50.3 Å². The second-order valence-corrected chi connectivity index (χ2v) is 7.29. The van der Waals surface area contributed by atoms with Crippen molar-refractivity contribution in [2.24, 2.45) is 0 Å². The highest BCUT2D eigenvalue weighted by atomic mass is 19.1. The zero-order valence-corrected chi connectivity index (χ0v) is 16.0. The Balaban J connectivity index is 1.36. The lowest BCUT2D eigenvalue weighted by Gasteiger charge is -2.35. The number of rotatable bonds is 3. The molecule has 0 spiro atoms. The number of halogens is 1. The lowest BCUT2D eigenvalue weighted by atomic mass is 10.1. The zero-order chi connectivity index (χ0) is 20.4. The van der Waals surface area contributed by atoms with Gasteiger partial charge in [0.1, 0.15) is 5.82 Å². The molecule has 2 saturated heterocycles. The minimum absolute atomic E-state index is 0.0952. The van der Waals surface area contributed by atoms with Crippen LogP contribution in [0, 0.1) is 5.82 Å². The quantitative estimate of drug-likeness (QED) is 0.803. The summed E-state index contributed by atoms with van der Waals surface area (Å²) in [7, 11) is 0. The van der Waals surface area contributed by atoms with E-state index in [1.807, 2.05) is 0 Å². The first kappa shape index (κ1) is 19.1. The summed E-state index contributed by atoms with van der Waals surface area (Å²) in [5.41, 5.74) is 1.69. The van der Waals surface area contributed by atoms with Crippen molar-refractivity contribution >= 4 is 23.4 Å². The SMILES string of the molecule is O=C(c1ccc(N2CCCC2=O)cc1)N1CCN(C(=O)c2cccc(F)c2)CC1. The summed E-state index contributed by atoms with van der Waals surface area (Å²) in [4.78, 5) is 42.2. The van der Waals surface area contributed by atoms with Gasteiger partial charge in [-0.05, 0) is 48.9 Å². The molecule has 2 fully saturated rings. The molecule has 2 aliphatic heterocycles. The molecule has 150 valence electrons. The van der Waals surface area contributed by atoms with E-state index in [0.717, 1.165) is 12.1 Å². The standard InChI is InChI=1S/C22H22FN3O3/c23-18-4-1-3-17(15-18)22(29)25-13-11-24(12-14-25)21(28)16-6-8-19(9-7-16)26-10-2-5-20(26)27/h1,3-4,6-9,15H,2,5,10-14H2. The molecule has 0 atom stereocenters. The van der Waals surface area contributed by atoms with Gasteiger partial charge in [-0.15, -0.1) is 0 Å². The van der Waals surface area contributed by atoms with Crippen LogP contribution in [-0.2, 0) is 4.79 Å². The molecule has 4 rings (SSSR count). The van der Waals surface area contributed by atoms with Crippen LogP contribution in [-0.4, -0.2) is 60.2 Å². The number of nitrogens with zero attached hydrogens (tertiary/aromatic N) is 3. The van der Waals surface area contributed by atoms with Crippen LogP contribution in [0.1, 0.15) is 33.6 Å². The Hall–Kier alpha value is -3.22. The van der Waals surface area contributed by atoms with E-state index in [-0.39, 0.29) is 17.7 Å². The van der Waals surface area contributed by atoms with E-state index in [2.05, 4.69) is 0 Å². The van der Waals surface area contributed by atoms with Gasteiger partial charge in [-0.25, -0.2) is 4.39 Å². The maximum Gasteiger partial charge on any atom is 0.254 e. The average molecular weight is 395 g/mol. The third-order valence-corrected chi connectivity index (χ3v) is 5.43. The molecule has 6 nitrogen and oxygen atoms in total. The fourth-order valence-corrected chi connectivity index (χ4v) is 3.80. The van der Waals surface area contributed by atoms with Gasteiger partial charge in [0.05, 0.1) is 0 Å². The number of piperazine rings is 1. The van der Waals surface area contributed by atoms with Crippen LogP contribution in [0.5, 0.6) is 0 Å². The normalized spacial score (nSPS) is 17.0. The topological polar surface area (TPSA) is 60.9 Å². The van der Waals surface area contributed by atoms with Gasteiger partial charge < -0.3 is 14.7 Å². The van der Waals surface area contributed by atoms with E-state index in [9.17, 15) is 18.8 Å². The summed E-state index contributed by atoms with van der Waals surface area (Å²) in [5.74, 6) is -0.648. The van der Waals surface area contributed by atoms with Crippen LogP contribution in [0.4, 0.5) is 10.1 Å². The van der Waals surface area contributed by atoms with Crippen LogP contribution in [0.2, 0.25) is 0 Å². The Morgan fingerprint density at radius 3 is 1.97 bits per heavy atom. The highest BCUT2D eigenvalue weighted by Crippen LogP contribution is 2.22. The van der Waals surface area contributed by atoms with Gasteiger partial charge in [-0.1, -0.05) is 6.07 Å². The molecule has 2 aliphatic rings. The largest absolute Gasteiger partial charge is 0.335 e. The molecular weight excluding hydrogens is 373 g/mol. The van der Waals surface area contributed by atoms with Crippen molar-refractivity contribution in [3.63, 3.8) is 0 Å². The second-order valence-electron chi connectivity index (χ2n) is 7.29. The van der Waals surface area contributed by atoms with Crippen LogP contribution < -0.4 is 4.90 Å². The van der Waals surface area contributed by atoms with E-state index in [1.165, 1.54) is 18.2 Å². The maximum atomic E-state index is 13.4. The minimum atomic E-state index is -0.441. The number of anilines is 1. The van der Waals surface area contributed by atoms with E-state index in [1.54, 1.807) is 45.0 Å². The predicted molar refractivity (Wildman–Crippen MR) is 106 cm³/mol. The van der Waals surface area contributed by atoms with Crippen molar-refractivity contribution in [3.8, 4) is 0 Å². The van der Waals surface area contributed by atoms with Crippen molar-refractivity contribution < 1.29 is 18.8 Å². The van der Waals surface area contributed by atoms with E-state index in [4.69, 9.17) is 0 Å². The summed E-state index contributed by atoms with van der Waals surface area (Å²) < 4.78 is 13.4. The number of hydrogen-bond donors (Lipinski definition) is 0. The molecule has 2 heterocycles. The van der Waals surface area contributed by atoms with Crippen LogP contribution >= 0.6 is 0 Å². The van der Waals surface area contributed by atoms with Crippen molar-refractivity contribution in [1.82, 2.24) is 9.80 Å². The highest BCUT2D eigenvalue weighted by molar-refractivity contribution is 5.98. The Bertz CT molecular complexity index is 937. The summed E-state index contributed by atoms with van der Waals surface area (Å²) in [6.07, 6.45) is 1.43. The fourth-order valence-electron chi connectivity index (χ4n) is 3.80. The summed E-state index contributed by atoms with van der Waals surface area (Å²) in [5, 5.41) is 0. The molecule has 0 radical (unpaired) electrons. The minimum Gasteiger partial charge on any atom is -0.335 e. The highest BCUT2D eigenvalue weighted by Gasteiger charge is 2.26. The molecule has 3 amide bonds. The van der Waals surface area contributed by atoms with Crippen molar-refractivity contribution in [3.05, 3.63) is 65.5 Å². The second kappa shape index (κ2) is 8.03. The van der Waals surface area contributed by atoms with Crippen molar-refractivity contribution in [2.75, 3.05) is 37.6 Å². The lowest BCUT2D eigenvalue weighted by Crippen LogP contribution is -2.50. The van der Waals surface area contributed by atoms with E-state index >= 15 is 0 Å². The van der Waals surface area contributed by atoms with Crippen LogP contribution in [0.25, 0.3) is 0 Å². The maximum absolute atomic E-state index is 13.4. The van der Waals surface area contributed by atoms with Crippen molar-refractivity contribution in [1.29, 1.82) is 0 Å². The molecule has 29 heavy (non-hydrogen) atoms. The first-order valence-corrected chi connectivity index (χ1v) is 9.77. The third kappa shape index (κ3) is 3.99. The lowest BCUT2D eigenvalue weighted by molar-refractivity contribution is -0.117. The van der Waals surface area contributed by atoms with Gasteiger partial charge in [-0.2, -0.15) is 0 Å². The number of benzene rings is 2. The van der Waals surface area contributed by atoms with Gasteiger partial charge in [-0.3, -0.25) is 14.4 Å². The summed E-state index contributed by atoms with van der Waals surface area (Å²) in [6.45, 7) is 2.37.